The summed E-state index contributed by atoms with van der Waals surface area (Å²) in [6.07, 6.45) is 11.4. The lowest BCUT2D eigenvalue weighted by molar-refractivity contribution is 0.0316. The number of benzene rings is 1. The summed E-state index contributed by atoms with van der Waals surface area (Å²) >= 11 is 0. The summed E-state index contributed by atoms with van der Waals surface area (Å²) in [6, 6.07) is 6.28. The Balaban J connectivity index is 1.60. The number of rotatable bonds is 6. The first-order valence-electron chi connectivity index (χ1n) is 11.4. The number of nitrogens with one attached hydrogen (secondary N) is 2. The molecular weight excluding hydrogens is 400 g/mol. The summed E-state index contributed by atoms with van der Waals surface area (Å²) in [5.74, 6) is 0.841. The minimum absolute atomic E-state index is 0.101. The second-order valence-electron chi connectivity index (χ2n) is 8.76. The third-order valence-electron chi connectivity index (χ3n) is 6.77. The van der Waals surface area contributed by atoms with Crippen LogP contribution in [0.2, 0.25) is 0 Å². The summed E-state index contributed by atoms with van der Waals surface area (Å²) in [7, 11) is 1.81. The number of pyridine rings is 1. The van der Waals surface area contributed by atoms with Gasteiger partial charge in [-0.15, -0.1) is 0 Å². The molecule has 1 aliphatic carbocycles. The number of aromatic nitrogens is 1. The summed E-state index contributed by atoms with van der Waals surface area (Å²) < 4.78 is 6.11. The SMILES string of the molecule is CN/C=C(\C=N)c1ccc(Cc2cc3c(c(C)c2C)OCN(C2CCCCC2)C3=O)cn1. The van der Waals surface area contributed by atoms with Crippen molar-refractivity contribution in [2.45, 2.75) is 58.4 Å². The van der Waals surface area contributed by atoms with E-state index in [1.807, 2.05) is 36.2 Å². The molecule has 2 N–H and O–H groups in total. The Morgan fingerprint density at radius 2 is 2.03 bits per heavy atom. The summed E-state index contributed by atoms with van der Waals surface area (Å²) in [4.78, 5) is 19.9. The lowest BCUT2D eigenvalue weighted by Crippen LogP contribution is -2.46. The molecule has 0 radical (unpaired) electrons. The standard InChI is InChI=1S/C26H32N4O2/c1-17-18(2)25-23(26(31)30(16-32-25)22-7-5-4-6-8-22)12-20(17)11-19-9-10-24(29-14-19)21(13-27)15-28-3/h9-10,12-15,22,27-28H,4-8,11,16H2,1-3H3/b21-15+,27-13?. The zero-order valence-corrected chi connectivity index (χ0v) is 19.2. The van der Waals surface area contributed by atoms with Crippen molar-refractivity contribution in [2.75, 3.05) is 13.8 Å². The van der Waals surface area contributed by atoms with E-state index in [1.54, 1.807) is 13.2 Å². The highest BCUT2D eigenvalue weighted by Gasteiger charge is 2.33. The van der Waals surface area contributed by atoms with Crippen LogP contribution < -0.4 is 10.1 Å². The Labute approximate surface area is 190 Å². The van der Waals surface area contributed by atoms with Crippen LogP contribution in [0.15, 0.2) is 30.6 Å². The van der Waals surface area contributed by atoms with E-state index in [0.29, 0.717) is 24.8 Å². The van der Waals surface area contributed by atoms with E-state index in [4.69, 9.17) is 10.1 Å². The molecule has 1 aromatic heterocycles. The van der Waals surface area contributed by atoms with Crippen LogP contribution >= 0.6 is 0 Å². The van der Waals surface area contributed by atoms with E-state index in [1.165, 1.54) is 25.5 Å². The second kappa shape index (κ2) is 9.55. The molecule has 6 nitrogen and oxygen atoms in total. The fraction of sp³-hybridized carbons (Fsp3) is 0.423. The molecule has 0 unspecified atom stereocenters. The number of nitrogens with zero attached hydrogens (tertiary/aromatic N) is 2. The maximum atomic E-state index is 13.4. The molecule has 6 heteroatoms. The lowest BCUT2D eigenvalue weighted by atomic mass is 9.91. The molecule has 2 heterocycles. The maximum Gasteiger partial charge on any atom is 0.260 e. The molecule has 1 aliphatic heterocycles. The van der Waals surface area contributed by atoms with Gasteiger partial charge in [0.05, 0.1) is 11.3 Å². The van der Waals surface area contributed by atoms with Crippen molar-refractivity contribution in [1.29, 1.82) is 5.41 Å². The van der Waals surface area contributed by atoms with Crippen LogP contribution in [0.4, 0.5) is 0 Å². The normalized spacial score (nSPS) is 17.0. The minimum Gasteiger partial charge on any atom is -0.472 e. The van der Waals surface area contributed by atoms with E-state index in [0.717, 1.165) is 52.1 Å². The van der Waals surface area contributed by atoms with E-state index in [9.17, 15) is 4.79 Å². The van der Waals surface area contributed by atoms with Gasteiger partial charge in [-0.2, -0.15) is 0 Å². The van der Waals surface area contributed by atoms with Gasteiger partial charge in [0, 0.05) is 37.3 Å². The van der Waals surface area contributed by atoms with E-state index < -0.39 is 0 Å². The van der Waals surface area contributed by atoms with Crippen molar-refractivity contribution in [3.63, 3.8) is 0 Å². The number of hydrogen-bond donors (Lipinski definition) is 2. The lowest BCUT2D eigenvalue weighted by Gasteiger charge is -2.38. The fourth-order valence-corrected chi connectivity index (χ4v) is 4.77. The molecule has 1 amide bonds. The molecule has 0 bridgehead atoms. The first-order chi connectivity index (χ1) is 15.5. The summed E-state index contributed by atoms with van der Waals surface area (Å²) in [5.41, 5.74) is 6.56. The highest BCUT2D eigenvalue weighted by atomic mass is 16.5. The van der Waals surface area contributed by atoms with Crippen LogP contribution in [0.25, 0.3) is 5.57 Å². The van der Waals surface area contributed by atoms with Gasteiger partial charge >= 0.3 is 0 Å². The topological polar surface area (TPSA) is 78.3 Å². The maximum absolute atomic E-state index is 13.4. The molecule has 1 saturated carbocycles. The van der Waals surface area contributed by atoms with Gasteiger partial charge in [0.15, 0.2) is 6.73 Å². The predicted octanol–water partition coefficient (Wildman–Crippen LogP) is 4.62. The average molecular weight is 433 g/mol. The van der Waals surface area contributed by atoms with Crippen molar-refractivity contribution in [3.05, 3.63) is 64.1 Å². The van der Waals surface area contributed by atoms with Crippen LogP contribution in [0.3, 0.4) is 0 Å². The molecule has 0 spiro atoms. The van der Waals surface area contributed by atoms with Gasteiger partial charge in [-0.1, -0.05) is 25.3 Å². The van der Waals surface area contributed by atoms with Crippen molar-refractivity contribution >= 4 is 17.7 Å². The van der Waals surface area contributed by atoms with Crippen molar-refractivity contribution in [2.24, 2.45) is 0 Å². The zero-order valence-electron chi connectivity index (χ0n) is 19.2. The van der Waals surface area contributed by atoms with Crippen LogP contribution in [-0.4, -0.2) is 41.8 Å². The molecule has 4 rings (SSSR count). The number of amides is 1. The quantitative estimate of drug-likeness (QED) is 0.653. The molecule has 0 saturated heterocycles. The van der Waals surface area contributed by atoms with Crippen LogP contribution in [0, 0.1) is 19.3 Å². The second-order valence-corrected chi connectivity index (χ2v) is 8.76. The van der Waals surface area contributed by atoms with Gasteiger partial charge in [0.25, 0.3) is 5.91 Å². The molecule has 2 aliphatic rings. The Morgan fingerprint density at radius 3 is 2.69 bits per heavy atom. The molecule has 0 atom stereocenters. The fourth-order valence-electron chi connectivity index (χ4n) is 4.77. The van der Waals surface area contributed by atoms with Gasteiger partial charge in [-0.05, 0) is 67.5 Å². The highest BCUT2D eigenvalue weighted by molar-refractivity contribution is 6.07. The number of fused-ring (bicyclic) bond motifs is 1. The highest BCUT2D eigenvalue weighted by Crippen LogP contribution is 2.36. The summed E-state index contributed by atoms with van der Waals surface area (Å²) in [6.45, 7) is 4.50. The van der Waals surface area contributed by atoms with Crippen molar-refractivity contribution in [3.8, 4) is 5.75 Å². The molecule has 168 valence electrons. The van der Waals surface area contributed by atoms with Gasteiger partial charge in [-0.3, -0.25) is 9.78 Å². The summed E-state index contributed by atoms with van der Waals surface area (Å²) in [5, 5.41) is 10.5. The van der Waals surface area contributed by atoms with E-state index in [2.05, 4.69) is 17.2 Å². The monoisotopic (exact) mass is 432 g/mol. The number of hydrogen-bond acceptors (Lipinski definition) is 5. The van der Waals surface area contributed by atoms with Crippen molar-refractivity contribution in [1.82, 2.24) is 15.2 Å². The van der Waals surface area contributed by atoms with Crippen LogP contribution in [0.5, 0.6) is 5.75 Å². The number of ether oxygens (including phenoxy) is 1. The van der Waals surface area contributed by atoms with Gasteiger partial charge in [0.2, 0.25) is 0 Å². The molecule has 1 aromatic carbocycles. The first kappa shape index (κ1) is 22.1. The molecule has 32 heavy (non-hydrogen) atoms. The smallest absolute Gasteiger partial charge is 0.260 e. The first-order valence-corrected chi connectivity index (χ1v) is 11.4. The third kappa shape index (κ3) is 4.27. The van der Waals surface area contributed by atoms with Crippen molar-refractivity contribution < 1.29 is 9.53 Å². The number of allylic oxidation sites excluding steroid dienone is 1. The van der Waals surface area contributed by atoms with Gasteiger partial charge in [-0.25, -0.2) is 0 Å². The van der Waals surface area contributed by atoms with Gasteiger partial charge < -0.3 is 20.4 Å². The predicted molar refractivity (Wildman–Crippen MR) is 127 cm³/mol. The Kier molecular flexibility index (Phi) is 6.58. The molecule has 1 fully saturated rings. The number of carbonyl (C=O) groups is 1. The largest absolute Gasteiger partial charge is 0.472 e. The Bertz CT molecular complexity index is 1040. The zero-order chi connectivity index (χ0) is 22.7. The Hall–Kier alpha value is -3.15. The van der Waals surface area contributed by atoms with E-state index in [-0.39, 0.29) is 5.91 Å². The molecule has 2 aromatic rings. The van der Waals surface area contributed by atoms with Crippen LogP contribution in [-0.2, 0) is 6.42 Å². The average Bonchev–Trinajstić information content (AvgIpc) is 2.82. The van der Waals surface area contributed by atoms with Gasteiger partial charge in [0.1, 0.15) is 5.75 Å². The van der Waals surface area contributed by atoms with E-state index >= 15 is 0 Å². The Morgan fingerprint density at radius 1 is 1.25 bits per heavy atom. The van der Waals surface area contributed by atoms with Crippen LogP contribution in [0.1, 0.15) is 70.4 Å². The minimum atomic E-state index is 0.101. The molecular formula is C26H32N4O2. The third-order valence-corrected chi connectivity index (χ3v) is 6.77. The number of carbonyl (C=O) groups excluding carboxylic acids is 1.